The van der Waals surface area contributed by atoms with Crippen molar-refractivity contribution in [1.29, 1.82) is 0 Å². The van der Waals surface area contributed by atoms with Crippen LogP contribution in [0.3, 0.4) is 0 Å². The van der Waals surface area contributed by atoms with Gasteiger partial charge in [-0.05, 0) is 56.9 Å². The van der Waals surface area contributed by atoms with Gasteiger partial charge in [0.1, 0.15) is 0 Å². The summed E-state index contributed by atoms with van der Waals surface area (Å²) < 4.78 is 0. The highest BCUT2D eigenvalue weighted by Gasteiger charge is 2.16. The zero-order chi connectivity index (χ0) is 14.5. The summed E-state index contributed by atoms with van der Waals surface area (Å²) in [6.45, 7) is 3.28. The number of rotatable bonds is 5. The SMILES string of the molecule is CN1CCC(CCNc2nc(Cl)nc(N(C)C)n2)CC1. The summed E-state index contributed by atoms with van der Waals surface area (Å²) in [6, 6.07) is 0. The summed E-state index contributed by atoms with van der Waals surface area (Å²) in [5, 5.41) is 3.48. The summed E-state index contributed by atoms with van der Waals surface area (Å²) in [7, 11) is 5.95. The van der Waals surface area contributed by atoms with Crippen molar-refractivity contribution in [3.8, 4) is 0 Å². The zero-order valence-corrected chi connectivity index (χ0v) is 13.2. The second-order valence-electron chi connectivity index (χ2n) is 5.58. The lowest BCUT2D eigenvalue weighted by atomic mass is 9.94. The van der Waals surface area contributed by atoms with Crippen LogP contribution in [-0.4, -0.2) is 60.6 Å². The van der Waals surface area contributed by atoms with Crippen LogP contribution in [0.2, 0.25) is 5.28 Å². The van der Waals surface area contributed by atoms with Gasteiger partial charge in [0.25, 0.3) is 0 Å². The van der Waals surface area contributed by atoms with E-state index < -0.39 is 0 Å². The molecule has 112 valence electrons. The average molecular weight is 299 g/mol. The van der Waals surface area contributed by atoms with Crippen molar-refractivity contribution < 1.29 is 0 Å². The van der Waals surface area contributed by atoms with E-state index in [0.29, 0.717) is 11.9 Å². The van der Waals surface area contributed by atoms with E-state index in [1.54, 1.807) is 0 Å². The van der Waals surface area contributed by atoms with Crippen molar-refractivity contribution in [2.45, 2.75) is 19.3 Å². The van der Waals surface area contributed by atoms with Gasteiger partial charge in [0, 0.05) is 20.6 Å². The van der Waals surface area contributed by atoms with E-state index in [4.69, 9.17) is 11.6 Å². The monoisotopic (exact) mass is 298 g/mol. The van der Waals surface area contributed by atoms with Crippen molar-refractivity contribution in [3.63, 3.8) is 0 Å². The molecule has 0 unspecified atom stereocenters. The Balaban J connectivity index is 1.82. The summed E-state index contributed by atoms with van der Waals surface area (Å²) >= 11 is 5.90. The van der Waals surface area contributed by atoms with E-state index in [2.05, 4.69) is 32.2 Å². The molecule has 7 heteroatoms. The van der Waals surface area contributed by atoms with Crippen molar-refractivity contribution in [1.82, 2.24) is 19.9 Å². The largest absolute Gasteiger partial charge is 0.354 e. The molecule has 2 rings (SSSR count). The predicted octanol–water partition coefficient (Wildman–Crippen LogP) is 1.73. The minimum absolute atomic E-state index is 0.227. The lowest BCUT2D eigenvalue weighted by Gasteiger charge is -2.28. The molecular formula is C13H23ClN6. The zero-order valence-electron chi connectivity index (χ0n) is 12.4. The van der Waals surface area contributed by atoms with Crippen molar-refractivity contribution in [3.05, 3.63) is 5.28 Å². The molecule has 0 saturated carbocycles. The molecule has 2 heterocycles. The average Bonchev–Trinajstić information content (AvgIpc) is 2.40. The summed E-state index contributed by atoms with van der Waals surface area (Å²) in [4.78, 5) is 16.7. The van der Waals surface area contributed by atoms with E-state index in [-0.39, 0.29) is 5.28 Å². The Hall–Kier alpha value is -1.14. The molecule has 0 amide bonds. The standard InChI is InChI=1S/C13H23ClN6/c1-19(2)13-17-11(14)16-12(18-13)15-7-4-10-5-8-20(3)9-6-10/h10H,4-9H2,1-3H3,(H,15,16,17,18). The van der Waals surface area contributed by atoms with Crippen LogP contribution in [0.15, 0.2) is 0 Å². The van der Waals surface area contributed by atoms with Gasteiger partial charge in [-0.2, -0.15) is 15.0 Å². The number of piperidine rings is 1. The van der Waals surface area contributed by atoms with Gasteiger partial charge in [0.2, 0.25) is 17.2 Å². The molecule has 0 atom stereocenters. The summed E-state index contributed by atoms with van der Waals surface area (Å²) in [6.07, 6.45) is 3.70. The second-order valence-corrected chi connectivity index (χ2v) is 5.92. The van der Waals surface area contributed by atoms with E-state index in [1.807, 2.05) is 19.0 Å². The van der Waals surface area contributed by atoms with Gasteiger partial charge in [-0.15, -0.1) is 0 Å². The van der Waals surface area contributed by atoms with Crippen LogP contribution in [0.25, 0.3) is 0 Å². The molecule has 0 aromatic carbocycles. The maximum atomic E-state index is 5.90. The first-order valence-electron chi connectivity index (χ1n) is 7.06. The molecule has 1 N–H and O–H groups in total. The Morgan fingerprint density at radius 1 is 1.25 bits per heavy atom. The Morgan fingerprint density at radius 2 is 1.95 bits per heavy atom. The van der Waals surface area contributed by atoms with E-state index in [9.17, 15) is 0 Å². The second kappa shape index (κ2) is 7.04. The maximum Gasteiger partial charge on any atom is 0.230 e. The molecule has 1 aromatic heterocycles. The fourth-order valence-electron chi connectivity index (χ4n) is 2.36. The predicted molar refractivity (Wildman–Crippen MR) is 82.5 cm³/mol. The lowest BCUT2D eigenvalue weighted by Crippen LogP contribution is -2.31. The van der Waals surface area contributed by atoms with Crippen LogP contribution >= 0.6 is 11.6 Å². The van der Waals surface area contributed by atoms with Crippen LogP contribution in [-0.2, 0) is 0 Å². The van der Waals surface area contributed by atoms with Crippen LogP contribution in [0, 0.1) is 5.92 Å². The van der Waals surface area contributed by atoms with Crippen molar-refractivity contribution in [2.75, 3.05) is 51.0 Å². The first-order chi connectivity index (χ1) is 9.54. The fraction of sp³-hybridized carbons (Fsp3) is 0.769. The minimum atomic E-state index is 0.227. The smallest absolute Gasteiger partial charge is 0.230 e. The molecule has 1 aromatic rings. The summed E-state index contributed by atoms with van der Waals surface area (Å²) in [5.74, 6) is 1.93. The Labute approximate surface area is 125 Å². The van der Waals surface area contributed by atoms with Gasteiger partial charge in [0.05, 0.1) is 0 Å². The number of nitrogens with zero attached hydrogens (tertiary/aromatic N) is 5. The Kier molecular flexibility index (Phi) is 5.37. The lowest BCUT2D eigenvalue weighted by molar-refractivity contribution is 0.215. The summed E-state index contributed by atoms with van der Waals surface area (Å²) in [5.41, 5.74) is 0. The third-order valence-corrected chi connectivity index (χ3v) is 3.84. The molecule has 1 saturated heterocycles. The fourth-order valence-corrected chi connectivity index (χ4v) is 2.51. The number of nitrogens with one attached hydrogen (secondary N) is 1. The van der Waals surface area contributed by atoms with Gasteiger partial charge < -0.3 is 15.1 Å². The highest BCUT2D eigenvalue weighted by molar-refractivity contribution is 6.28. The normalized spacial score (nSPS) is 17.2. The van der Waals surface area contributed by atoms with Crippen molar-refractivity contribution in [2.24, 2.45) is 5.92 Å². The van der Waals surface area contributed by atoms with E-state index in [1.165, 1.54) is 25.9 Å². The van der Waals surface area contributed by atoms with E-state index in [0.717, 1.165) is 18.9 Å². The van der Waals surface area contributed by atoms with Gasteiger partial charge in [-0.1, -0.05) is 0 Å². The number of aromatic nitrogens is 3. The number of anilines is 2. The quantitative estimate of drug-likeness (QED) is 0.893. The molecule has 0 spiro atoms. The number of hydrogen-bond donors (Lipinski definition) is 1. The third-order valence-electron chi connectivity index (χ3n) is 3.67. The topological polar surface area (TPSA) is 57.2 Å². The molecule has 20 heavy (non-hydrogen) atoms. The first-order valence-corrected chi connectivity index (χ1v) is 7.43. The van der Waals surface area contributed by atoms with Gasteiger partial charge in [-0.25, -0.2) is 0 Å². The molecule has 1 aliphatic heterocycles. The third kappa shape index (κ3) is 4.45. The number of halogens is 1. The van der Waals surface area contributed by atoms with Gasteiger partial charge in [0.15, 0.2) is 0 Å². The van der Waals surface area contributed by atoms with Crippen LogP contribution in [0.4, 0.5) is 11.9 Å². The Morgan fingerprint density at radius 3 is 2.60 bits per heavy atom. The van der Waals surface area contributed by atoms with Crippen molar-refractivity contribution >= 4 is 23.5 Å². The van der Waals surface area contributed by atoms with Crippen LogP contribution < -0.4 is 10.2 Å². The number of likely N-dealkylation sites (tertiary alicyclic amines) is 1. The van der Waals surface area contributed by atoms with Gasteiger partial charge in [-0.3, -0.25) is 0 Å². The number of hydrogen-bond acceptors (Lipinski definition) is 6. The molecule has 0 bridgehead atoms. The van der Waals surface area contributed by atoms with Gasteiger partial charge >= 0.3 is 0 Å². The molecular weight excluding hydrogens is 276 g/mol. The molecule has 0 radical (unpaired) electrons. The highest BCUT2D eigenvalue weighted by Crippen LogP contribution is 2.19. The molecule has 1 aliphatic rings. The molecule has 1 fully saturated rings. The maximum absolute atomic E-state index is 5.90. The van der Waals surface area contributed by atoms with E-state index >= 15 is 0 Å². The first kappa shape index (κ1) is 15.3. The molecule has 0 aliphatic carbocycles. The molecule has 6 nitrogen and oxygen atoms in total. The van der Waals surface area contributed by atoms with Crippen LogP contribution in [0.5, 0.6) is 0 Å². The Bertz CT molecular complexity index is 431. The van der Waals surface area contributed by atoms with Crippen LogP contribution in [0.1, 0.15) is 19.3 Å². The minimum Gasteiger partial charge on any atom is -0.354 e. The highest BCUT2D eigenvalue weighted by atomic mass is 35.5.